The first kappa shape index (κ1) is 23.9. The summed E-state index contributed by atoms with van der Waals surface area (Å²) in [5.74, 6) is -0.445. The molecule has 0 aliphatic carbocycles. The van der Waals surface area contributed by atoms with Gasteiger partial charge in [-0.2, -0.15) is 0 Å². The van der Waals surface area contributed by atoms with Gasteiger partial charge in [0.1, 0.15) is 6.10 Å². The topological polar surface area (TPSA) is 66.8 Å². The van der Waals surface area contributed by atoms with E-state index in [-0.39, 0.29) is 0 Å². The number of ether oxygens (including phenoxy) is 1. The van der Waals surface area contributed by atoms with Gasteiger partial charge in [-0.15, -0.1) is 0 Å². The smallest absolute Gasteiger partial charge is 0.308 e. The zero-order valence-corrected chi connectivity index (χ0v) is 16.2. The van der Waals surface area contributed by atoms with Crippen LogP contribution in [0.4, 0.5) is 0 Å². The molecule has 0 bridgehead atoms. The lowest BCUT2D eigenvalue weighted by Gasteiger charge is -2.14. The van der Waals surface area contributed by atoms with Crippen molar-refractivity contribution in [2.24, 2.45) is 0 Å². The molecule has 0 saturated carbocycles. The summed E-state index contributed by atoms with van der Waals surface area (Å²) in [6.07, 6.45) is 19.3. The van der Waals surface area contributed by atoms with Crippen molar-refractivity contribution in [3.63, 3.8) is 0 Å². The van der Waals surface area contributed by atoms with Crippen molar-refractivity contribution in [1.29, 1.82) is 0 Å². The predicted octanol–water partition coefficient (Wildman–Crippen LogP) is 5.04. The summed E-state index contributed by atoms with van der Waals surface area (Å²) >= 11 is 0. The van der Waals surface area contributed by atoms with Crippen molar-refractivity contribution in [2.75, 3.05) is 0 Å². The average molecular weight is 355 g/mol. The molecule has 0 aliphatic rings. The molecule has 0 aromatic carbocycles. The molecule has 0 radical (unpaired) electrons. The summed E-state index contributed by atoms with van der Waals surface area (Å²) in [6.45, 7) is 3.61. The summed E-state index contributed by atoms with van der Waals surface area (Å²) in [5, 5.41) is 18.3. The van der Waals surface area contributed by atoms with Crippen LogP contribution in [0.25, 0.3) is 0 Å². The van der Waals surface area contributed by atoms with Crippen LogP contribution in [0, 0.1) is 0 Å². The van der Waals surface area contributed by atoms with Gasteiger partial charge >= 0.3 is 5.97 Å². The molecule has 0 fully saturated rings. The van der Waals surface area contributed by atoms with Crippen molar-refractivity contribution in [3.8, 4) is 0 Å². The fraction of sp³-hybridized carbons (Fsp3) is 0.762. The Balaban J connectivity index is 3.35. The van der Waals surface area contributed by atoms with E-state index in [0.717, 1.165) is 32.1 Å². The zero-order valence-electron chi connectivity index (χ0n) is 16.2. The van der Waals surface area contributed by atoms with E-state index in [2.05, 4.69) is 36.0 Å². The number of unbranched alkanes of at least 4 members (excludes halogenated alkanes) is 8. The van der Waals surface area contributed by atoms with Crippen LogP contribution >= 0.6 is 0 Å². The van der Waals surface area contributed by atoms with Gasteiger partial charge in [-0.05, 0) is 45.4 Å². The van der Waals surface area contributed by atoms with Gasteiger partial charge < -0.3 is 14.9 Å². The number of allylic oxidation sites excluding steroid dienone is 4. The molecule has 0 aromatic heterocycles. The number of rotatable bonds is 16. The monoisotopic (exact) mass is 354 g/mol. The molecule has 0 heterocycles. The first-order valence-corrected chi connectivity index (χ1v) is 9.93. The zero-order chi connectivity index (χ0) is 18.8. The van der Waals surface area contributed by atoms with E-state index in [9.17, 15) is 9.90 Å². The maximum atomic E-state index is 11.4. The summed E-state index contributed by atoms with van der Waals surface area (Å²) in [5.41, 5.74) is 0. The van der Waals surface area contributed by atoms with Crippen molar-refractivity contribution in [3.05, 3.63) is 24.3 Å². The van der Waals surface area contributed by atoms with E-state index in [1.807, 2.05) is 0 Å². The second-order valence-electron chi connectivity index (χ2n) is 6.60. The highest BCUT2D eigenvalue weighted by Gasteiger charge is 2.15. The van der Waals surface area contributed by atoms with Crippen molar-refractivity contribution >= 4 is 5.97 Å². The number of aliphatic hydroxyl groups is 2. The van der Waals surface area contributed by atoms with Crippen LogP contribution in [0.15, 0.2) is 24.3 Å². The van der Waals surface area contributed by atoms with Gasteiger partial charge in [0, 0.05) is 6.42 Å². The van der Waals surface area contributed by atoms with Crippen molar-refractivity contribution in [1.82, 2.24) is 0 Å². The lowest BCUT2D eigenvalue weighted by molar-refractivity contribution is -0.184. The van der Waals surface area contributed by atoms with Crippen LogP contribution in [0.1, 0.15) is 90.9 Å². The van der Waals surface area contributed by atoms with Crippen LogP contribution in [0.5, 0.6) is 0 Å². The summed E-state index contributed by atoms with van der Waals surface area (Å²) < 4.78 is 4.68. The van der Waals surface area contributed by atoms with Crippen LogP contribution in [-0.2, 0) is 9.53 Å². The number of esters is 1. The molecule has 0 saturated heterocycles. The molecule has 4 nitrogen and oxygen atoms in total. The second-order valence-corrected chi connectivity index (χ2v) is 6.60. The Morgan fingerprint density at radius 1 is 0.880 bits per heavy atom. The third-order valence-electron chi connectivity index (χ3n) is 4.00. The Morgan fingerprint density at radius 3 is 2.04 bits per heavy atom. The molecule has 2 N–H and O–H groups in total. The van der Waals surface area contributed by atoms with E-state index in [1.54, 1.807) is 0 Å². The highest BCUT2D eigenvalue weighted by molar-refractivity contribution is 5.69. The second kappa shape index (κ2) is 17.7. The molecule has 0 rings (SSSR count). The van der Waals surface area contributed by atoms with Gasteiger partial charge in [0.25, 0.3) is 0 Å². The lowest BCUT2D eigenvalue weighted by atomic mass is 10.1. The van der Waals surface area contributed by atoms with Crippen molar-refractivity contribution in [2.45, 2.75) is 103 Å². The van der Waals surface area contributed by atoms with E-state index in [0.29, 0.717) is 6.42 Å². The number of carbonyl (C=O) groups excluding carboxylic acids is 1. The maximum Gasteiger partial charge on any atom is 0.308 e. The minimum Gasteiger partial charge on any atom is -0.433 e. The van der Waals surface area contributed by atoms with E-state index >= 15 is 0 Å². The van der Waals surface area contributed by atoms with Gasteiger partial charge in [-0.25, -0.2) is 0 Å². The molecular formula is C21H38O4. The van der Waals surface area contributed by atoms with Crippen LogP contribution in [0.3, 0.4) is 0 Å². The Morgan fingerprint density at radius 2 is 1.44 bits per heavy atom. The number of hydrogen-bond acceptors (Lipinski definition) is 4. The van der Waals surface area contributed by atoms with Gasteiger partial charge in [-0.3, -0.25) is 4.79 Å². The maximum absolute atomic E-state index is 11.4. The van der Waals surface area contributed by atoms with Crippen LogP contribution < -0.4 is 0 Å². The number of aliphatic hydroxyl groups excluding tert-OH is 2. The van der Waals surface area contributed by atoms with Crippen LogP contribution in [-0.4, -0.2) is 28.6 Å². The first-order chi connectivity index (χ1) is 12.1. The first-order valence-electron chi connectivity index (χ1n) is 9.93. The van der Waals surface area contributed by atoms with E-state index in [1.165, 1.54) is 45.4 Å². The summed E-state index contributed by atoms with van der Waals surface area (Å²) in [4.78, 5) is 11.4. The molecule has 2 unspecified atom stereocenters. The minimum absolute atomic E-state index is 0.300. The third kappa shape index (κ3) is 17.5. The molecule has 4 heteroatoms. The Bertz CT molecular complexity index is 361. The van der Waals surface area contributed by atoms with Gasteiger partial charge in [0.15, 0.2) is 0 Å². The normalized spacial score (nSPS) is 14.2. The minimum atomic E-state index is -1.41. The van der Waals surface area contributed by atoms with E-state index < -0.39 is 18.4 Å². The van der Waals surface area contributed by atoms with Gasteiger partial charge in [0.2, 0.25) is 6.29 Å². The average Bonchev–Trinajstić information content (AvgIpc) is 2.58. The summed E-state index contributed by atoms with van der Waals surface area (Å²) in [7, 11) is 0. The largest absolute Gasteiger partial charge is 0.433 e. The quantitative estimate of drug-likeness (QED) is 0.176. The third-order valence-corrected chi connectivity index (χ3v) is 4.00. The molecule has 0 amide bonds. The summed E-state index contributed by atoms with van der Waals surface area (Å²) in [6, 6.07) is 0. The Labute approximate surface area is 154 Å². The van der Waals surface area contributed by atoms with Crippen LogP contribution in [0.2, 0.25) is 0 Å². The predicted molar refractivity (Wildman–Crippen MR) is 103 cm³/mol. The highest BCUT2D eigenvalue weighted by atomic mass is 16.6. The molecular weight excluding hydrogens is 316 g/mol. The Kier molecular flexibility index (Phi) is 16.9. The molecule has 0 aliphatic heterocycles. The molecule has 2 atom stereocenters. The number of hydrogen-bond donors (Lipinski definition) is 2. The highest BCUT2D eigenvalue weighted by Crippen LogP contribution is 2.09. The fourth-order valence-corrected chi connectivity index (χ4v) is 2.37. The molecule has 25 heavy (non-hydrogen) atoms. The molecule has 146 valence electrons. The van der Waals surface area contributed by atoms with Gasteiger partial charge in [-0.1, -0.05) is 63.3 Å². The fourth-order valence-electron chi connectivity index (χ4n) is 2.37. The Hall–Kier alpha value is -1.13. The standard InChI is InChI=1S/C21H38O4/c1-3-4-5-6-7-8-9-10-11-12-13-14-15-16-17-18-20(23)25-21(24)19(2)22/h7-8,10-11,19,21-22,24H,3-6,9,12-18H2,1-2H3/b8-7-,11-10-. The van der Waals surface area contributed by atoms with Crippen molar-refractivity contribution < 1.29 is 19.7 Å². The molecule has 0 spiro atoms. The number of carbonyl (C=O) groups is 1. The van der Waals surface area contributed by atoms with E-state index in [4.69, 9.17) is 5.11 Å². The molecule has 0 aromatic rings. The van der Waals surface area contributed by atoms with Gasteiger partial charge in [0.05, 0.1) is 0 Å². The lowest BCUT2D eigenvalue weighted by Crippen LogP contribution is -2.28. The SMILES string of the molecule is CCCCC/C=C\C/C=C\CCCCCCCC(=O)OC(O)C(C)O.